The van der Waals surface area contributed by atoms with Crippen LogP contribution in [0, 0.1) is 19.8 Å². The lowest BCUT2D eigenvalue weighted by Gasteiger charge is -2.25. The lowest BCUT2D eigenvalue weighted by Crippen LogP contribution is -2.42. The summed E-state index contributed by atoms with van der Waals surface area (Å²) in [7, 11) is 1.83. The molecule has 0 radical (unpaired) electrons. The Morgan fingerprint density at radius 2 is 1.93 bits per heavy atom. The Bertz CT molecular complexity index is 999. The molecule has 9 nitrogen and oxygen atoms in total. The number of carbonyl (C=O) groups excluding carboxylic acids is 1. The maximum atomic E-state index is 13.2. The van der Waals surface area contributed by atoms with Gasteiger partial charge in [-0.25, -0.2) is 4.79 Å². The van der Waals surface area contributed by atoms with Crippen molar-refractivity contribution in [3.8, 4) is 0 Å². The number of nitrogen functional groups attached to an aromatic ring is 1. The minimum atomic E-state index is -0.642. The smallest absolute Gasteiger partial charge is 0.330 e. The maximum absolute atomic E-state index is 13.2. The Morgan fingerprint density at radius 1 is 1.28 bits per heavy atom. The van der Waals surface area contributed by atoms with Crippen LogP contribution in [0.5, 0.6) is 0 Å². The molecule has 2 rings (SSSR count). The summed E-state index contributed by atoms with van der Waals surface area (Å²) in [6, 6.07) is 0. The SMILES string of the molecule is CCCCN(C(=O)Cc1c(C)nn(C)c1C)c1c(N)n(CC(C)C)c(=O)[nH]c1=O. The maximum Gasteiger partial charge on any atom is 0.330 e. The van der Waals surface area contributed by atoms with Crippen molar-refractivity contribution in [3.63, 3.8) is 0 Å². The summed E-state index contributed by atoms with van der Waals surface area (Å²) in [5.41, 5.74) is 7.59. The van der Waals surface area contributed by atoms with Crippen LogP contribution >= 0.6 is 0 Å². The number of aromatic nitrogens is 4. The molecule has 29 heavy (non-hydrogen) atoms. The molecule has 0 aliphatic carbocycles. The number of hydrogen-bond donors (Lipinski definition) is 2. The normalized spacial score (nSPS) is 11.3. The van der Waals surface area contributed by atoms with E-state index in [0.29, 0.717) is 19.5 Å². The van der Waals surface area contributed by atoms with E-state index in [1.165, 1.54) is 9.47 Å². The molecule has 1 amide bonds. The van der Waals surface area contributed by atoms with Crippen molar-refractivity contribution in [2.75, 3.05) is 17.2 Å². The fourth-order valence-corrected chi connectivity index (χ4v) is 3.38. The molecule has 0 fully saturated rings. The molecule has 2 aromatic rings. The first-order valence-corrected chi connectivity index (χ1v) is 10.00. The van der Waals surface area contributed by atoms with E-state index in [1.54, 1.807) is 4.68 Å². The predicted molar refractivity (Wildman–Crippen MR) is 114 cm³/mol. The van der Waals surface area contributed by atoms with E-state index in [2.05, 4.69) is 10.1 Å². The molecule has 3 N–H and O–H groups in total. The third-order valence-corrected chi connectivity index (χ3v) is 5.05. The molecule has 2 aromatic heterocycles. The highest BCUT2D eigenvalue weighted by atomic mass is 16.2. The van der Waals surface area contributed by atoms with Crippen LogP contribution in [0.15, 0.2) is 9.59 Å². The number of nitrogens with zero attached hydrogens (tertiary/aromatic N) is 4. The molecule has 0 atom stereocenters. The van der Waals surface area contributed by atoms with Gasteiger partial charge in [-0.1, -0.05) is 27.2 Å². The number of hydrogen-bond acceptors (Lipinski definition) is 5. The van der Waals surface area contributed by atoms with Gasteiger partial charge in [-0.2, -0.15) is 5.10 Å². The van der Waals surface area contributed by atoms with Crippen LogP contribution in [0.2, 0.25) is 0 Å². The van der Waals surface area contributed by atoms with Crippen molar-refractivity contribution < 1.29 is 4.79 Å². The molecule has 0 aromatic carbocycles. The van der Waals surface area contributed by atoms with Crippen molar-refractivity contribution >= 4 is 17.4 Å². The first-order valence-electron chi connectivity index (χ1n) is 10.00. The minimum Gasteiger partial charge on any atom is -0.383 e. The number of amides is 1. The van der Waals surface area contributed by atoms with Crippen molar-refractivity contribution in [2.45, 2.75) is 60.4 Å². The Balaban J connectivity index is 2.53. The Kier molecular flexibility index (Phi) is 7.05. The van der Waals surface area contributed by atoms with Crippen LogP contribution in [-0.4, -0.2) is 31.8 Å². The van der Waals surface area contributed by atoms with Gasteiger partial charge in [-0.05, 0) is 26.2 Å². The van der Waals surface area contributed by atoms with Crippen LogP contribution in [0.4, 0.5) is 11.5 Å². The number of aryl methyl sites for hydroxylation is 2. The van der Waals surface area contributed by atoms with Gasteiger partial charge in [0.05, 0.1) is 12.1 Å². The standard InChI is InChI=1S/C20H32N6O3/c1-7-8-9-25(16(27)10-15-13(4)23-24(6)14(15)5)17-18(21)26(11-12(2)3)20(29)22-19(17)28/h12H,7-11,21H2,1-6H3,(H,22,28,29). The summed E-state index contributed by atoms with van der Waals surface area (Å²) in [5.74, 6) is -0.0737. The number of carbonyl (C=O) groups is 1. The van der Waals surface area contributed by atoms with Gasteiger partial charge in [0.2, 0.25) is 5.91 Å². The molecule has 9 heteroatoms. The van der Waals surface area contributed by atoms with Gasteiger partial charge in [0.1, 0.15) is 5.82 Å². The number of nitrogens with two attached hydrogens (primary N) is 1. The fourth-order valence-electron chi connectivity index (χ4n) is 3.38. The van der Waals surface area contributed by atoms with E-state index in [9.17, 15) is 14.4 Å². The second-order valence-electron chi connectivity index (χ2n) is 7.85. The van der Waals surface area contributed by atoms with Crippen LogP contribution in [-0.2, 0) is 24.8 Å². The van der Waals surface area contributed by atoms with Gasteiger partial charge < -0.3 is 10.6 Å². The lowest BCUT2D eigenvalue weighted by atomic mass is 10.1. The molecule has 0 aliphatic heterocycles. The van der Waals surface area contributed by atoms with Crippen molar-refractivity contribution in [2.24, 2.45) is 13.0 Å². The molecule has 0 bridgehead atoms. The molecule has 2 heterocycles. The van der Waals surface area contributed by atoms with Gasteiger partial charge in [0, 0.05) is 31.4 Å². The van der Waals surface area contributed by atoms with Crippen LogP contribution in [0.3, 0.4) is 0 Å². The Labute approximate surface area is 170 Å². The highest BCUT2D eigenvalue weighted by Gasteiger charge is 2.25. The molecule has 0 unspecified atom stereocenters. The Morgan fingerprint density at radius 3 is 2.45 bits per heavy atom. The second kappa shape index (κ2) is 9.11. The van der Waals surface area contributed by atoms with Crippen molar-refractivity contribution in [1.29, 1.82) is 0 Å². The van der Waals surface area contributed by atoms with Gasteiger partial charge in [0.15, 0.2) is 5.69 Å². The van der Waals surface area contributed by atoms with Gasteiger partial charge >= 0.3 is 5.69 Å². The number of rotatable bonds is 8. The van der Waals surface area contributed by atoms with Crippen molar-refractivity contribution in [1.82, 2.24) is 19.3 Å². The topological polar surface area (TPSA) is 119 Å². The third kappa shape index (κ3) is 4.78. The van der Waals surface area contributed by atoms with Crippen molar-refractivity contribution in [3.05, 3.63) is 37.8 Å². The van der Waals surface area contributed by atoms with Gasteiger partial charge in [-0.3, -0.25) is 23.8 Å². The summed E-state index contributed by atoms with van der Waals surface area (Å²) in [4.78, 5) is 41.9. The molecule has 0 spiro atoms. The summed E-state index contributed by atoms with van der Waals surface area (Å²) in [5, 5.41) is 4.36. The van der Waals surface area contributed by atoms with E-state index >= 15 is 0 Å². The molecular formula is C20H32N6O3. The summed E-state index contributed by atoms with van der Waals surface area (Å²) in [6.07, 6.45) is 1.66. The average molecular weight is 405 g/mol. The van der Waals surface area contributed by atoms with E-state index in [-0.39, 0.29) is 29.8 Å². The highest BCUT2D eigenvalue weighted by Crippen LogP contribution is 2.21. The molecule has 0 aliphatic rings. The lowest BCUT2D eigenvalue weighted by molar-refractivity contribution is -0.118. The number of aromatic amines is 1. The quantitative estimate of drug-likeness (QED) is 0.691. The van der Waals surface area contributed by atoms with E-state index in [4.69, 9.17) is 5.73 Å². The first-order chi connectivity index (χ1) is 13.6. The zero-order valence-electron chi connectivity index (χ0n) is 18.2. The largest absolute Gasteiger partial charge is 0.383 e. The monoisotopic (exact) mass is 404 g/mol. The Hall–Kier alpha value is -2.84. The molecule has 0 saturated heterocycles. The highest BCUT2D eigenvalue weighted by molar-refractivity contribution is 5.97. The number of unbranched alkanes of at least 4 members (excludes halogenated alkanes) is 1. The van der Waals surface area contributed by atoms with Crippen LogP contribution in [0.25, 0.3) is 0 Å². The number of anilines is 2. The second-order valence-corrected chi connectivity index (χ2v) is 7.85. The number of H-pyrrole nitrogens is 1. The van der Waals surface area contributed by atoms with Gasteiger partial charge in [-0.15, -0.1) is 0 Å². The third-order valence-electron chi connectivity index (χ3n) is 5.05. The summed E-state index contributed by atoms with van der Waals surface area (Å²) in [6.45, 7) is 10.4. The first kappa shape index (κ1) is 22.4. The number of nitrogens with one attached hydrogen (secondary N) is 1. The fraction of sp³-hybridized carbons (Fsp3) is 0.600. The zero-order chi connectivity index (χ0) is 21.9. The predicted octanol–water partition coefficient (Wildman–Crippen LogP) is 1.50. The average Bonchev–Trinajstić information content (AvgIpc) is 2.87. The van der Waals surface area contributed by atoms with E-state index in [0.717, 1.165) is 23.4 Å². The summed E-state index contributed by atoms with van der Waals surface area (Å²) < 4.78 is 3.06. The van der Waals surface area contributed by atoms with Gasteiger partial charge in [0.25, 0.3) is 5.56 Å². The zero-order valence-corrected chi connectivity index (χ0v) is 18.2. The summed E-state index contributed by atoms with van der Waals surface area (Å²) >= 11 is 0. The van der Waals surface area contributed by atoms with E-state index < -0.39 is 11.2 Å². The van der Waals surface area contributed by atoms with Crippen LogP contribution in [0.1, 0.15) is 50.6 Å². The van der Waals surface area contributed by atoms with Crippen LogP contribution < -0.4 is 21.9 Å². The van der Waals surface area contributed by atoms with E-state index in [1.807, 2.05) is 41.7 Å². The molecule has 0 saturated carbocycles. The molecular weight excluding hydrogens is 372 g/mol. The molecule has 160 valence electrons. The minimum absolute atomic E-state index is 0.0246.